The second kappa shape index (κ2) is 16.9. The first kappa shape index (κ1) is 42.8. The van der Waals surface area contributed by atoms with Gasteiger partial charge in [0.15, 0.2) is 5.78 Å². The number of thiophene rings is 2. The molecule has 0 atom stereocenters. The van der Waals surface area contributed by atoms with Crippen LogP contribution in [0.1, 0.15) is 118 Å². The van der Waals surface area contributed by atoms with Gasteiger partial charge in [0.1, 0.15) is 5.76 Å². The molecule has 6 heteroatoms. The Morgan fingerprint density at radius 2 is 1.43 bits per heavy atom. The monoisotopic (exact) mass is 925 g/mol. The number of aliphatic hydroxyl groups excluding tert-OH is 1. The largest absolute Gasteiger partial charge is 0.512 e. The number of aryl methyl sites for hydroxylation is 1. The maximum Gasteiger partial charge on any atom is 0.164 e. The average molecular weight is 925 g/mol. The predicted octanol–water partition coefficient (Wildman–Crippen LogP) is 14.7. The first-order valence-electron chi connectivity index (χ1n) is 19.1. The number of ketones is 1. The Hall–Kier alpha value is -2.89. The van der Waals surface area contributed by atoms with Crippen LogP contribution in [0, 0.1) is 29.7 Å². The molecule has 3 aromatic carbocycles. The summed E-state index contributed by atoms with van der Waals surface area (Å²) in [4.78, 5) is 18.5. The molecule has 0 unspecified atom stereocenters. The molecule has 53 heavy (non-hydrogen) atoms. The van der Waals surface area contributed by atoms with Crippen molar-refractivity contribution in [1.82, 2.24) is 4.98 Å². The number of carbonyl (C=O) groups is 1. The van der Waals surface area contributed by atoms with E-state index in [0.29, 0.717) is 5.92 Å². The SMILES string of the molecule is CCC(C)(CC)C(=O)/C=C(\O)C(C)(CC)CC.Cc1sc2cc3c(cc2c1CC(C)C)sc1c(-c2[c-]c4ccccc4c(C(C)(C)C)c2)nccc13.[Ir]. The molecular formula is C47H58IrNO2S2-. The number of rotatable bonds is 10. The minimum atomic E-state index is -0.337. The first-order chi connectivity index (χ1) is 24.5. The van der Waals surface area contributed by atoms with Gasteiger partial charge >= 0.3 is 0 Å². The van der Waals surface area contributed by atoms with Crippen molar-refractivity contribution in [3.8, 4) is 11.3 Å². The van der Waals surface area contributed by atoms with Crippen LogP contribution in [-0.2, 0) is 36.7 Å². The van der Waals surface area contributed by atoms with E-state index < -0.39 is 0 Å². The minimum Gasteiger partial charge on any atom is -0.512 e. The number of allylic oxidation sites excluding steroid dienone is 2. The molecule has 3 heterocycles. The first-order valence-corrected chi connectivity index (χ1v) is 20.8. The van der Waals surface area contributed by atoms with Crippen LogP contribution in [-0.4, -0.2) is 15.9 Å². The third-order valence-electron chi connectivity index (χ3n) is 11.6. The average Bonchev–Trinajstić information content (AvgIpc) is 3.64. The van der Waals surface area contributed by atoms with Crippen LogP contribution in [0.25, 0.3) is 52.3 Å². The molecule has 3 aromatic heterocycles. The van der Waals surface area contributed by atoms with Gasteiger partial charge in [-0.15, -0.1) is 51.8 Å². The van der Waals surface area contributed by atoms with Crippen LogP contribution in [0.15, 0.2) is 66.6 Å². The number of nitrogens with zero attached hydrogens (tertiary/aromatic N) is 1. The summed E-state index contributed by atoms with van der Waals surface area (Å²) in [6.07, 6.45) is 7.86. The third kappa shape index (κ3) is 8.67. The van der Waals surface area contributed by atoms with E-state index in [4.69, 9.17) is 4.98 Å². The van der Waals surface area contributed by atoms with Gasteiger partial charge in [0.2, 0.25) is 0 Å². The van der Waals surface area contributed by atoms with Crippen LogP contribution in [0.5, 0.6) is 0 Å². The Morgan fingerprint density at radius 3 is 2.04 bits per heavy atom. The zero-order valence-electron chi connectivity index (χ0n) is 33.8. The van der Waals surface area contributed by atoms with Crippen LogP contribution < -0.4 is 0 Å². The van der Waals surface area contributed by atoms with Crippen LogP contribution in [0.4, 0.5) is 0 Å². The molecule has 0 fully saturated rings. The van der Waals surface area contributed by atoms with Gasteiger partial charge in [-0.2, -0.15) is 0 Å². The van der Waals surface area contributed by atoms with Gasteiger partial charge in [-0.1, -0.05) is 105 Å². The molecule has 1 radical (unpaired) electrons. The van der Waals surface area contributed by atoms with Crippen LogP contribution in [0.3, 0.4) is 0 Å². The zero-order valence-corrected chi connectivity index (χ0v) is 37.9. The van der Waals surface area contributed by atoms with Gasteiger partial charge in [-0.25, -0.2) is 0 Å². The third-order valence-corrected chi connectivity index (χ3v) is 13.8. The number of aromatic nitrogens is 1. The van der Waals surface area contributed by atoms with Gasteiger partial charge < -0.3 is 5.11 Å². The molecule has 0 aliphatic carbocycles. The molecule has 0 aliphatic rings. The summed E-state index contributed by atoms with van der Waals surface area (Å²) in [5.74, 6) is 0.939. The normalized spacial score (nSPS) is 12.8. The standard InChI is InChI=1S/C32H30NS2.C15H28O2.Ir/c1-18(2)13-24-19(3)34-28-16-25-23-11-12-33-30(31(23)35-29(25)17-26(24)28)21-14-20-9-7-8-10-22(20)27(15-21)32(4,5)6;1-7-14(5,8-2)12(16)11-13(17)15(6,9-3)10-4;/h7-12,15-18H,13H2,1-6H3;11,16H,7-10H2,1-6H3;/q-1;;/b;12-11-;. The van der Waals surface area contributed by atoms with Crippen molar-refractivity contribution in [2.45, 2.75) is 121 Å². The molecule has 0 amide bonds. The number of aliphatic hydroxyl groups is 1. The number of hydrogen-bond acceptors (Lipinski definition) is 5. The number of carbonyl (C=O) groups excluding carboxylic acids is 1. The molecule has 0 saturated carbocycles. The Morgan fingerprint density at radius 1 is 0.830 bits per heavy atom. The van der Waals surface area contributed by atoms with E-state index in [2.05, 4.69) is 96.1 Å². The fourth-order valence-corrected chi connectivity index (χ4v) is 9.32. The second-order valence-electron chi connectivity index (χ2n) is 16.5. The smallest absolute Gasteiger partial charge is 0.164 e. The Labute approximate surface area is 339 Å². The fraction of sp³-hybridized carbons (Fsp3) is 0.447. The summed E-state index contributed by atoms with van der Waals surface area (Å²) in [5, 5.41) is 16.6. The van der Waals surface area contributed by atoms with Gasteiger partial charge in [0.05, 0.1) is 0 Å². The topological polar surface area (TPSA) is 50.2 Å². The van der Waals surface area contributed by atoms with E-state index in [-0.39, 0.29) is 47.9 Å². The van der Waals surface area contributed by atoms with Crippen molar-refractivity contribution in [1.29, 1.82) is 0 Å². The van der Waals surface area contributed by atoms with Crippen LogP contribution >= 0.6 is 22.7 Å². The molecule has 1 N–H and O–H groups in total. The quantitative estimate of drug-likeness (QED) is 0.0846. The van der Waals surface area contributed by atoms with Crippen molar-refractivity contribution in [2.24, 2.45) is 16.7 Å². The molecular weight excluding hydrogens is 867 g/mol. The van der Waals surface area contributed by atoms with Gasteiger partial charge in [0.25, 0.3) is 0 Å². The zero-order chi connectivity index (χ0) is 38.2. The van der Waals surface area contributed by atoms with Crippen molar-refractivity contribution < 1.29 is 30.0 Å². The number of hydrogen-bond donors (Lipinski definition) is 1. The van der Waals surface area contributed by atoms with E-state index >= 15 is 0 Å². The fourth-order valence-electron chi connectivity index (χ4n) is 6.98. The molecule has 0 spiro atoms. The number of benzene rings is 3. The van der Waals surface area contributed by atoms with E-state index in [1.165, 1.54) is 57.7 Å². The van der Waals surface area contributed by atoms with Gasteiger partial charge in [-0.05, 0) is 84.9 Å². The molecule has 285 valence electrons. The Balaban J connectivity index is 0.000000299. The molecule has 6 aromatic rings. The van der Waals surface area contributed by atoms with Crippen LogP contribution in [0.2, 0.25) is 0 Å². The molecule has 0 bridgehead atoms. The van der Waals surface area contributed by atoms with E-state index in [9.17, 15) is 9.90 Å². The summed E-state index contributed by atoms with van der Waals surface area (Å²) >= 11 is 3.81. The molecule has 3 nitrogen and oxygen atoms in total. The summed E-state index contributed by atoms with van der Waals surface area (Å²) in [7, 11) is 0. The predicted molar refractivity (Wildman–Crippen MR) is 229 cm³/mol. The number of pyridine rings is 1. The molecule has 6 rings (SSSR count). The molecule has 0 saturated heterocycles. The van der Waals surface area contributed by atoms with Crippen molar-refractivity contribution in [3.05, 3.63) is 88.6 Å². The van der Waals surface area contributed by atoms with E-state index in [1.54, 1.807) is 0 Å². The van der Waals surface area contributed by atoms with Gasteiger partial charge in [0, 0.05) is 73.3 Å². The maximum absolute atomic E-state index is 12.2. The van der Waals surface area contributed by atoms with Gasteiger partial charge in [-0.3, -0.25) is 9.78 Å². The summed E-state index contributed by atoms with van der Waals surface area (Å²) in [5.41, 5.74) is 4.43. The number of fused-ring (bicyclic) bond motifs is 5. The van der Waals surface area contributed by atoms with Crippen molar-refractivity contribution in [3.63, 3.8) is 0 Å². The summed E-state index contributed by atoms with van der Waals surface area (Å²) in [6, 6.07) is 21.7. The minimum absolute atomic E-state index is 0. The summed E-state index contributed by atoms with van der Waals surface area (Å²) < 4.78 is 4.01. The Bertz CT molecular complexity index is 2260. The van der Waals surface area contributed by atoms with Crippen molar-refractivity contribution in [2.75, 3.05) is 0 Å². The van der Waals surface area contributed by atoms with E-state index in [0.717, 1.165) is 48.7 Å². The molecule has 0 aliphatic heterocycles. The Kier molecular flexibility index (Phi) is 13.6. The summed E-state index contributed by atoms with van der Waals surface area (Å²) in [6.45, 7) is 25.8. The van der Waals surface area contributed by atoms with E-state index in [1.807, 2.05) is 70.4 Å². The maximum atomic E-state index is 12.2. The second-order valence-corrected chi connectivity index (χ2v) is 18.8. The van der Waals surface area contributed by atoms with Crippen molar-refractivity contribution >= 4 is 69.5 Å².